The van der Waals surface area contributed by atoms with Crippen molar-refractivity contribution in [2.75, 3.05) is 10.7 Å². The van der Waals surface area contributed by atoms with Crippen molar-refractivity contribution in [3.8, 4) is 0 Å². The lowest BCUT2D eigenvalue weighted by Crippen LogP contribution is -2.16. The highest BCUT2D eigenvalue weighted by molar-refractivity contribution is 9.10. The average molecular weight is 440 g/mol. The first kappa shape index (κ1) is 19.4. The van der Waals surface area contributed by atoms with Crippen molar-refractivity contribution in [1.82, 2.24) is 9.97 Å². The van der Waals surface area contributed by atoms with E-state index >= 15 is 0 Å². The number of nitrogens with zero attached hydrogens (tertiary/aromatic N) is 2. The van der Waals surface area contributed by atoms with Gasteiger partial charge in [-0.05, 0) is 49.2 Å². The fourth-order valence-corrected chi connectivity index (χ4v) is 3.35. The molecular weight excluding hydrogens is 423 g/mol. The van der Waals surface area contributed by atoms with Crippen LogP contribution in [0, 0.1) is 6.92 Å². The third-order valence-corrected chi connectivity index (χ3v) is 4.78. The molecule has 0 spiro atoms. The second-order valence-electron chi connectivity index (χ2n) is 6.09. The molecule has 1 unspecified atom stereocenters. The highest BCUT2D eigenvalue weighted by Gasteiger charge is 2.33. The minimum atomic E-state index is -4.40. The number of anilines is 2. The second-order valence-corrected chi connectivity index (χ2v) is 7.00. The molecule has 3 aromatic rings. The standard InChI is InChI=1S/C18H17BrF3N5/c1-9-12(4-3-5-14(9)18(20,21)22)10(2)24-16-13-8-11(19)6-7-15(13)25-17(26-16)27-23/h3-8,10H,23H2,1-2H3,(H2,24,25,26,27). The molecule has 2 aromatic carbocycles. The summed E-state index contributed by atoms with van der Waals surface area (Å²) >= 11 is 3.41. The molecule has 0 bridgehead atoms. The number of nitrogens with two attached hydrogens (primary N) is 1. The molecule has 0 aliphatic rings. The van der Waals surface area contributed by atoms with Crippen LogP contribution in [0.25, 0.3) is 10.9 Å². The summed E-state index contributed by atoms with van der Waals surface area (Å²) in [6.45, 7) is 3.25. The molecule has 3 rings (SSSR count). The Balaban J connectivity index is 2.04. The Morgan fingerprint density at radius 3 is 2.56 bits per heavy atom. The summed E-state index contributed by atoms with van der Waals surface area (Å²) < 4.78 is 40.4. The van der Waals surface area contributed by atoms with Crippen LogP contribution in [0.15, 0.2) is 40.9 Å². The first-order chi connectivity index (χ1) is 12.7. The predicted octanol–water partition coefficient (Wildman–Crippen LogP) is 5.18. The van der Waals surface area contributed by atoms with Crippen LogP contribution >= 0.6 is 15.9 Å². The quantitative estimate of drug-likeness (QED) is 0.385. The molecule has 9 heteroatoms. The van der Waals surface area contributed by atoms with Gasteiger partial charge in [0, 0.05) is 9.86 Å². The molecule has 0 amide bonds. The van der Waals surface area contributed by atoms with Gasteiger partial charge in [0.15, 0.2) is 0 Å². The van der Waals surface area contributed by atoms with Crippen LogP contribution in [0.3, 0.4) is 0 Å². The smallest absolute Gasteiger partial charge is 0.363 e. The minimum Gasteiger partial charge on any atom is -0.363 e. The van der Waals surface area contributed by atoms with Crippen molar-refractivity contribution in [1.29, 1.82) is 0 Å². The Bertz CT molecular complexity index is 991. The summed E-state index contributed by atoms with van der Waals surface area (Å²) in [6.07, 6.45) is -4.40. The van der Waals surface area contributed by atoms with E-state index in [1.54, 1.807) is 19.1 Å². The van der Waals surface area contributed by atoms with E-state index in [-0.39, 0.29) is 11.5 Å². The van der Waals surface area contributed by atoms with Gasteiger partial charge in [0.1, 0.15) is 5.82 Å². The molecule has 0 saturated heterocycles. The molecule has 5 nitrogen and oxygen atoms in total. The molecule has 0 radical (unpaired) electrons. The largest absolute Gasteiger partial charge is 0.416 e. The van der Waals surface area contributed by atoms with Gasteiger partial charge in [-0.15, -0.1) is 0 Å². The van der Waals surface area contributed by atoms with Crippen molar-refractivity contribution in [3.05, 3.63) is 57.6 Å². The molecule has 0 fully saturated rings. The normalized spacial score (nSPS) is 12.9. The molecule has 0 saturated carbocycles. The lowest BCUT2D eigenvalue weighted by Gasteiger charge is -2.21. The Kier molecular flexibility index (Phi) is 5.25. The zero-order valence-corrected chi connectivity index (χ0v) is 16.1. The minimum absolute atomic E-state index is 0.182. The summed E-state index contributed by atoms with van der Waals surface area (Å²) in [7, 11) is 0. The lowest BCUT2D eigenvalue weighted by molar-refractivity contribution is -0.138. The van der Waals surface area contributed by atoms with E-state index in [1.807, 2.05) is 12.1 Å². The number of nitrogens with one attached hydrogen (secondary N) is 2. The number of benzene rings is 2. The summed E-state index contributed by atoms with van der Waals surface area (Å²) in [5.41, 5.74) is 3.13. The van der Waals surface area contributed by atoms with Crippen LogP contribution in [0.4, 0.5) is 24.9 Å². The highest BCUT2D eigenvalue weighted by atomic mass is 79.9. The topological polar surface area (TPSA) is 75.9 Å². The lowest BCUT2D eigenvalue weighted by atomic mass is 9.97. The van der Waals surface area contributed by atoms with Crippen molar-refractivity contribution in [3.63, 3.8) is 0 Å². The number of nitrogen functional groups attached to an aromatic ring is 1. The third-order valence-electron chi connectivity index (χ3n) is 4.29. The van der Waals surface area contributed by atoms with E-state index in [9.17, 15) is 13.2 Å². The van der Waals surface area contributed by atoms with Crippen molar-refractivity contribution in [2.24, 2.45) is 5.84 Å². The van der Waals surface area contributed by atoms with E-state index in [2.05, 4.69) is 36.6 Å². The number of rotatable bonds is 4. The molecule has 142 valence electrons. The van der Waals surface area contributed by atoms with Gasteiger partial charge >= 0.3 is 6.18 Å². The van der Waals surface area contributed by atoms with Crippen molar-refractivity contribution >= 4 is 38.6 Å². The van der Waals surface area contributed by atoms with Gasteiger partial charge in [-0.3, -0.25) is 5.43 Å². The van der Waals surface area contributed by atoms with E-state index in [1.165, 1.54) is 13.0 Å². The average Bonchev–Trinajstić information content (AvgIpc) is 2.61. The molecule has 1 atom stereocenters. The van der Waals surface area contributed by atoms with Gasteiger partial charge in [-0.1, -0.05) is 28.1 Å². The summed E-state index contributed by atoms with van der Waals surface area (Å²) in [5.74, 6) is 6.12. The van der Waals surface area contributed by atoms with Crippen LogP contribution < -0.4 is 16.6 Å². The highest BCUT2D eigenvalue weighted by Crippen LogP contribution is 2.35. The number of halogens is 4. The summed E-state index contributed by atoms with van der Waals surface area (Å²) in [4.78, 5) is 8.61. The van der Waals surface area contributed by atoms with Gasteiger partial charge in [0.25, 0.3) is 0 Å². The zero-order valence-electron chi connectivity index (χ0n) is 14.5. The van der Waals surface area contributed by atoms with E-state index in [4.69, 9.17) is 5.84 Å². The van der Waals surface area contributed by atoms with E-state index in [0.717, 1.165) is 15.9 Å². The monoisotopic (exact) mass is 439 g/mol. The van der Waals surface area contributed by atoms with Gasteiger partial charge in [-0.2, -0.15) is 18.2 Å². The molecule has 1 aromatic heterocycles. The van der Waals surface area contributed by atoms with Crippen LogP contribution in [-0.4, -0.2) is 9.97 Å². The fourth-order valence-electron chi connectivity index (χ4n) is 2.99. The Morgan fingerprint density at radius 2 is 1.89 bits per heavy atom. The van der Waals surface area contributed by atoms with Gasteiger partial charge in [-0.25, -0.2) is 10.8 Å². The second kappa shape index (κ2) is 7.32. The van der Waals surface area contributed by atoms with Crippen molar-refractivity contribution in [2.45, 2.75) is 26.1 Å². The fraction of sp³-hybridized carbons (Fsp3) is 0.222. The number of hydrazine groups is 1. The molecule has 0 aliphatic heterocycles. The molecule has 1 heterocycles. The third kappa shape index (κ3) is 3.98. The predicted molar refractivity (Wildman–Crippen MR) is 103 cm³/mol. The van der Waals surface area contributed by atoms with Crippen LogP contribution in [0.5, 0.6) is 0 Å². The first-order valence-corrected chi connectivity index (χ1v) is 8.87. The molecule has 27 heavy (non-hydrogen) atoms. The maximum Gasteiger partial charge on any atom is 0.416 e. The summed E-state index contributed by atoms with van der Waals surface area (Å²) in [6, 6.07) is 9.21. The van der Waals surface area contributed by atoms with E-state index in [0.29, 0.717) is 16.9 Å². The number of aromatic nitrogens is 2. The molecule has 4 N–H and O–H groups in total. The summed E-state index contributed by atoms with van der Waals surface area (Å²) in [5, 5.41) is 3.91. The number of hydrogen-bond donors (Lipinski definition) is 3. The Labute approximate surface area is 162 Å². The Hall–Kier alpha value is -2.39. The molecular formula is C18H17BrF3N5. The van der Waals surface area contributed by atoms with Gasteiger partial charge in [0.2, 0.25) is 5.95 Å². The maximum absolute atomic E-state index is 13.2. The van der Waals surface area contributed by atoms with Gasteiger partial charge in [0.05, 0.1) is 17.1 Å². The zero-order chi connectivity index (χ0) is 19.8. The number of alkyl halides is 3. The van der Waals surface area contributed by atoms with E-state index < -0.39 is 17.8 Å². The Morgan fingerprint density at radius 1 is 1.15 bits per heavy atom. The SMILES string of the molecule is Cc1c(C(C)Nc2nc(NN)nc3ccc(Br)cc23)cccc1C(F)(F)F. The van der Waals surface area contributed by atoms with Gasteiger partial charge < -0.3 is 5.32 Å². The molecule has 0 aliphatic carbocycles. The van der Waals surface area contributed by atoms with Crippen molar-refractivity contribution < 1.29 is 13.2 Å². The number of hydrogen-bond acceptors (Lipinski definition) is 5. The maximum atomic E-state index is 13.2. The van der Waals surface area contributed by atoms with Crippen LogP contribution in [0.2, 0.25) is 0 Å². The van der Waals surface area contributed by atoms with Crippen LogP contribution in [-0.2, 0) is 6.18 Å². The first-order valence-electron chi connectivity index (χ1n) is 8.08. The van der Waals surface area contributed by atoms with Crippen LogP contribution in [0.1, 0.15) is 29.7 Å². The number of fused-ring (bicyclic) bond motifs is 1.